The fourth-order valence-electron chi connectivity index (χ4n) is 4.08. The van der Waals surface area contributed by atoms with Crippen LogP contribution in [0.3, 0.4) is 0 Å². The predicted molar refractivity (Wildman–Crippen MR) is 116 cm³/mol. The zero-order chi connectivity index (χ0) is 20.8. The van der Waals surface area contributed by atoms with Gasteiger partial charge in [0.05, 0.1) is 6.20 Å². The number of hydrogen-bond acceptors (Lipinski definition) is 3. The fraction of sp³-hybridized carbons (Fsp3) is 0.440. The number of carbonyl (C=O) groups excluding carboxylic acids is 1. The van der Waals surface area contributed by atoms with E-state index in [1.165, 1.54) is 44.6 Å². The Hall–Kier alpha value is -2.71. The molecule has 2 aliphatic rings. The molecule has 2 fully saturated rings. The van der Waals surface area contributed by atoms with Crippen LogP contribution in [0.4, 0.5) is 4.39 Å². The third-order valence-corrected chi connectivity index (χ3v) is 5.95. The van der Waals surface area contributed by atoms with Crippen LogP contribution in [0, 0.1) is 17.7 Å². The SMILES string of the molecule is O=C(NCC1(NC2CC2)CCCCCC1)c1ccc(C#Cc2ccc(F)cn2)cc1. The zero-order valence-corrected chi connectivity index (χ0v) is 17.2. The molecule has 0 unspecified atom stereocenters. The van der Waals surface area contributed by atoms with Crippen molar-refractivity contribution in [1.29, 1.82) is 0 Å². The maximum absolute atomic E-state index is 12.9. The van der Waals surface area contributed by atoms with Gasteiger partial charge < -0.3 is 10.6 Å². The van der Waals surface area contributed by atoms with Crippen molar-refractivity contribution in [2.75, 3.05) is 6.54 Å². The van der Waals surface area contributed by atoms with Gasteiger partial charge in [-0.2, -0.15) is 0 Å². The van der Waals surface area contributed by atoms with Crippen LogP contribution in [0.1, 0.15) is 73.0 Å². The second-order valence-corrected chi connectivity index (χ2v) is 8.48. The molecule has 2 saturated carbocycles. The van der Waals surface area contributed by atoms with E-state index in [2.05, 4.69) is 27.5 Å². The van der Waals surface area contributed by atoms with Crippen molar-refractivity contribution in [2.45, 2.75) is 62.9 Å². The van der Waals surface area contributed by atoms with Crippen molar-refractivity contribution in [2.24, 2.45) is 0 Å². The molecule has 0 radical (unpaired) electrons. The van der Waals surface area contributed by atoms with Gasteiger partial charge in [-0.15, -0.1) is 0 Å². The lowest BCUT2D eigenvalue weighted by Crippen LogP contribution is -2.54. The van der Waals surface area contributed by atoms with Crippen LogP contribution in [-0.4, -0.2) is 29.0 Å². The Balaban J connectivity index is 1.36. The van der Waals surface area contributed by atoms with Crippen molar-refractivity contribution in [1.82, 2.24) is 15.6 Å². The largest absolute Gasteiger partial charge is 0.350 e. The molecule has 0 atom stereocenters. The number of pyridine rings is 1. The van der Waals surface area contributed by atoms with Crippen molar-refractivity contribution in [3.63, 3.8) is 0 Å². The lowest BCUT2D eigenvalue weighted by Gasteiger charge is -2.34. The number of nitrogens with zero attached hydrogens (tertiary/aromatic N) is 1. The highest BCUT2D eigenvalue weighted by Gasteiger charge is 2.36. The monoisotopic (exact) mass is 405 g/mol. The van der Waals surface area contributed by atoms with E-state index in [0.29, 0.717) is 23.8 Å². The summed E-state index contributed by atoms with van der Waals surface area (Å²) < 4.78 is 12.9. The minimum Gasteiger partial charge on any atom is -0.350 e. The van der Waals surface area contributed by atoms with Crippen LogP contribution in [-0.2, 0) is 0 Å². The first-order valence-corrected chi connectivity index (χ1v) is 10.9. The smallest absolute Gasteiger partial charge is 0.251 e. The van der Waals surface area contributed by atoms with Crippen LogP contribution in [0.5, 0.6) is 0 Å². The molecule has 1 aromatic carbocycles. The van der Waals surface area contributed by atoms with E-state index in [1.807, 2.05) is 12.1 Å². The van der Waals surface area contributed by atoms with Gasteiger partial charge >= 0.3 is 0 Å². The van der Waals surface area contributed by atoms with Crippen LogP contribution in [0.15, 0.2) is 42.6 Å². The summed E-state index contributed by atoms with van der Waals surface area (Å²) in [6.45, 7) is 0.681. The lowest BCUT2D eigenvalue weighted by molar-refractivity contribution is 0.0934. The third-order valence-electron chi connectivity index (χ3n) is 5.95. The van der Waals surface area contributed by atoms with Gasteiger partial charge in [-0.3, -0.25) is 4.79 Å². The quantitative estimate of drug-likeness (QED) is 0.579. The Labute approximate surface area is 177 Å². The van der Waals surface area contributed by atoms with Gasteiger partial charge in [0.15, 0.2) is 0 Å². The second-order valence-electron chi connectivity index (χ2n) is 8.48. The summed E-state index contributed by atoms with van der Waals surface area (Å²) in [7, 11) is 0. The van der Waals surface area contributed by atoms with E-state index < -0.39 is 0 Å². The number of amides is 1. The molecule has 1 aromatic heterocycles. The molecule has 4 rings (SSSR count). The Morgan fingerprint density at radius 2 is 1.77 bits per heavy atom. The summed E-state index contributed by atoms with van der Waals surface area (Å²) >= 11 is 0. The van der Waals surface area contributed by atoms with Crippen molar-refractivity contribution >= 4 is 5.91 Å². The molecule has 4 nitrogen and oxygen atoms in total. The molecule has 0 aliphatic heterocycles. The number of rotatable bonds is 5. The van der Waals surface area contributed by atoms with Crippen LogP contribution in [0.2, 0.25) is 0 Å². The number of hydrogen-bond donors (Lipinski definition) is 2. The molecule has 2 aromatic rings. The van der Waals surface area contributed by atoms with E-state index in [9.17, 15) is 9.18 Å². The number of halogens is 1. The lowest BCUT2D eigenvalue weighted by atomic mass is 9.89. The maximum Gasteiger partial charge on any atom is 0.251 e. The summed E-state index contributed by atoms with van der Waals surface area (Å²) in [4.78, 5) is 16.6. The van der Waals surface area contributed by atoms with Gasteiger partial charge in [-0.05, 0) is 68.0 Å². The molecule has 30 heavy (non-hydrogen) atoms. The third kappa shape index (κ3) is 5.67. The van der Waals surface area contributed by atoms with E-state index in [-0.39, 0.29) is 17.3 Å². The van der Waals surface area contributed by atoms with E-state index in [1.54, 1.807) is 18.2 Å². The van der Waals surface area contributed by atoms with Crippen molar-refractivity contribution in [3.05, 3.63) is 65.2 Å². The highest BCUT2D eigenvalue weighted by atomic mass is 19.1. The molecule has 1 amide bonds. The number of aromatic nitrogens is 1. The Morgan fingerprint density at radius 3 is 2.40 bits per heavy atom. The van der Waals surface area contributed by atoms with Gasteiger partial charge in [0.25, 0.3) is 5.91 Å². The predicted octanol–water partition coefficient (Wildman–Crippen LogP) is 4.20. The summed E-state index contributed by atoms with van der Waals surface area (Å²) in [5.74, 6) is 5.47. The molecule has 156 valence electrons. The summed E-state index contributed by atoms with van der Waals surface area (Å²) in [6, 6.07) is 10.8. The fourth-order valence-corrected chi connectivity index (χ4v) is 4.08. The Kier molecular flexibility index (Phi) is 6.44. The van der Waals surface area contributed by atoms with Gasteiger partial charge in [0, 0.05) is 29.3 Å². The average molecular weight is 406 g/mol. The molecule has 0 saturated heterocycles. The van der Waals surface area contributed by atoms with Gasteiger partial charge in [0.1, 0.15) is 11.5 Å². The summed E-state index contributed by atoms with van der Waals surface area (Å²) in [5.41, 5.74) is 1.97. The summed E-state index contributed by atoms with van der Waals surface area (Å²) in [6.07, 6.45) is 11.0. The summed E-state index contributed by atoms with van der Waals surface area (Å²) in [5, 5.41) is 7.01. The number of carbonyl (C=O) groups is 1. The zero-order valence-electron chi connectivity index (χ0n) is 17.2. The van der Waals surface area contributed by atoms with E-state index >= 15 is 0 Å². The Morgan fingerprint density at radius 1 is 1.03 bits per heavy atom. The molecule has 0 bridgehead atoms. The van der Waals surface area contributed by atoms with Gasteiger partial charge in [-0.25, -0.2) is 9.37 Å². The van der Waals surface area contributed by atoms with Crippen LogP contribution < -0.4 is 10.6 Å². The minimum absolute atomic E-state index is 0.0426. The first-order valence-electron chi connectivity index (χ1n) is 10.9. The van der Waals surface area contributed by atoms with Gasteiger partial charge in [-0.1, -0.05) is 31.6 Å². The highest BCUT2D eigenvalue weighted by Crippen LogP contribution is 2.31. The molecular weight excluding hydrogens is 377 g/mol. The first kappa shape index (κ1) is 20.6. The maximum atomic E-state index is 12.9. The van der Waals surface area contributed by atoms with Crippen LogP contribution in [0.25, 0.3) is 0 Å². The average Bonchev–Trinajstić information content (AvgIpc) is 3.60. The normalized spacial score (nSPS) is 18.0. The molecule has 1 heterocycles. The molecule has 5 heteroatoms. The van der Waals surface area contributed by atoms with Crippen molar-refractivity contribution in [3.8, 4) is 11.8 Å². The standard InChI is InChI=1S/C25H28FN3O/c26-21-10-12-22(27-17-21)11-7-19-5-8-20(9-6-19)24(30)28-18-25(29-23-13-14-23)15-3-1-2-4-16-25/h5-6,8-10,12,17,23,29H,1-4,13-16,18H2,(H,28,30). The molecule has 2 N–H and O–H groups in total. The van der Waals surface area contributed by atoms with Crippen molar-refractivity contribution < 1.29 is 9.18 Å². The van der Waals surface area contributed by atoms with E-state index in [0.717, 1.165) is 24.6 Å². The molecule has 0 spiro atoms. The van der Waals surface area contributed by atoms with Crippen LogP contribution >= 0.6 is 0 Å². The number of nitrogens with one attached hydrogen (secondary N) is 2. The minimum atomic E-state index is -0.381. The second kappa shape index (κ2) is 9.40. The first-order chi connectivity index (χ1) is 14.6. The number of benzene rings is 1. The van der Waals surface area contributed by atoms with Gasteiger partial charge in [0.2, 0.25) is 0 Å². The Bertz CT molecular complexity index is 916. The molecular formula is C25H28FN3O. The molecule has 2 aliphatic carbocycles. The van der Waals surface area contributed by atoms with E-state index in [4.69, 9.17) is 0 Å². The topological polar surface area (TPSA) is 54.0 Å². The highest BCUT2D eigenvalue weighted by molar-refractivity contribution is 5.94.